The van der Waals surface area contributed by atoms with Gasteiger partial charge >= 0.3 is 0 Å². The van der Waals surface area contributed by atoms with Crippen molar-refractivity contribution < 1.29 is 4.74 Å². The van der Waals surface area contributed by atoms with Gasteiger partial charge in [-0.25, -0.2) is 0 Å². The summed E-state index contributed by atoms with van der Waals surface area (Å²) in [5, 5.41) is 3.51. The van der Waals surface area contributed by atoms with Crippen molar-refractivity contribution in [2.45, 2.75) is 58.6 Å². The first-order valence-electron chi connectivity index (χ1n) is 6.09. The first kappa shape index (κ1) is 12.0. The highest BCUT2D eigenvalue weighted by atomic mass is 16.5. The van der Waals surface area contributed by atoms with Gasteiger partial charge in [-0.1, -0.05) is 20.8 Å². The van der Waals surface area contributed by atoms with E-state index >= 15 is 0 Å². The Morgan fingerprint density at radius 3 is 2.79 bits per heavy atom. The molecule has 0 aliphatic heterocycles. The standard InChI is InChI=1S/C12H25NO/c1-4-13-11-6-5-7-12(11)14-9-8-10(2)3/h10-13H,4-9H2,1-3H3. The second-order valence-electron chi connectivity index (χ2n) is 4.69. The predicted molar refractivity (Wildman–Crippen MR) is 60.5 cm³/mol. The Labute approximate surface area is 88.4 Å². The van der Waals surface area contributed by atoms with E-state index in [0.717, 1.165) is 19.1 Å². The fourth-order valence-electron chi connectivity index (χ4n) is 2.08. The van der Waals surface area contributed by atoms with Crippen molar-refractivity contribution in [1.82, 2.24) is 5.32 Å². The first-order chi connectivity index (χ1) is 6.74. The third-order valence-electron chi connectivity index (χ3n) is 2.95. The maximum Gasteiger partial charge on any atom is 0.0728 e. The predicted octanol–water partition coefficient (Wildman–Crippen LogP) is 2.58. The minimum Gasteiger partial charge on any atom is -0.377 e. The van der Waals surface area contributed by atoms with Crippen molar-refractivity contribution in [2.24, 2.45) is 5.92 Å². The number of rotatable bonds is 6. The molecular weight excluding hydrogens is 174 g/mol. The summed E-state index contributed by atoms with van der Waals surface area (Å²) in [5.41, 5.74) is 0. The highest BCUT2D eigenvalue weighted by Gasteiger charge is 2.26. The van der Waals surface area contributed by atoms with Crippen molar-refractivity contribution in [3.8, 4) is 0 Å². The Balaban J connectivity index is 2.15. The van der Waals surface area contributed by atoms with Gasteiger partial charge in [0.1, 0.15) is 0 Å². The summed E-state index contributed by atoms with van der Waals surface area (Å²) in [6, 6.07) is 0.618. The maximum absolute atomic E-state index is 5.92. The average molecular weight is 199 g/mol. The van der Waals surface area contributed by atoms with Crippen LogP contribution in [0.1, 0.15) is 46.5 Å². The van der Waals surface area contributed by atoms with E-state index in [0.29, 0.717) is 12.1 Å². The molecule has 0 aromatic rings. The van der Waals surface area contributed by atoms with E-state index in [1.807, 2.05) is 0 Å². The lowest BCUT2D eigenvalue weighted by Crippen LogP contribution is -2.37. The SMILES string of the molecule is CCNC1CCCC1OCCC(C)C. The van der Waals surface area contributed by atoms with E-state index in [1.54, 1.807) is 0 Å². The molecule has 1 rings (SSSR count). The molecule has 2 nitrogen and oxygen atoms in total. The molecule has 0 heterocycles. The van der Waals surface area contributed by atoms with Gasteiger partial charge in [-0.3, -0.25) is 0 Å². The van der Waals surface area contributed by atoms with Crippen molar-refractivity contribution in [2.75, 3.05) is 13.2 Å². The summed E-state index contributed by atoms with van der Waals surface area (Å²) in [7, 11) is 0. The van der Waals surface area contributed by atoms with Crippen LogP contribution >= 0.6 is 0 Å². The Kier molecular flexibility index (Phi) is 5.49. The molecule has 0 radical (unpaired) electrons. The molecule has 0 aromatic heterocycles. The van der Waals surface area contributed by atoms with Crippen molar-refractivity contribution in [1.29, 1.82) is 0 Å². The van der Waals surface area contributed by atoms with E-state index < -0.39 is 0 Å². The zero-order chi connectivity index (χ0) is 10.4. The van der Waals surface area contributed by atoms with Crippen LogP contribution in [0.3, 0.4) is 0 Å². The molecule has 2 atom stereocenters. The third kappa shape index (κ3) is 3.97. The maximum atomic E-state index is 5.92. The number of nitrogens with one attached hydrogen (secondary N) is 1. The van der Waals surface area contributed by atoms with Gasteiger partial charge in [-0.05, 0) is 38.1 Å². The number of likely N-dealkylation sites (N-methyl/N-ethyl adjacent to an activating group) is 1. The van der Waals surface area contributed by atoms with Crippen LogP contribution in [0.4, 0.5) is 0 Å². The van der Waals surface area contributed by atoms with Gasteiger partial charge in [0.05, 0.1) is 6.10 Å². The minimum absolute atomic E-state index is 0.480. The van der Waals surface area contributed by atoms with E-state index in [-0.39, 0.29) is 0 Å². The number of hydrogen-bond donors (Lipinski definition) is 1. The summed E-state index contributed by atoms with van der Waals surface area (Å²) >= 11 is 0. The molecule has 0 amide bonds. The zero-order valence-electron chi connectivity index (χ0n) is 9.88. The molecule has 2 heteroatoms. The molecule has 84 valence electrons. The highest BCUT2D eigenvalue weighted by Crippen LogP contribution is 2.22. The van der Waals surface area contributed by atoms with E-state index in [1.165, 1.54) is 25.7 Å². The van der Waals surface area contributed by atoms with Crippen molar-refractivity contribution in [3.63, 3.8) is 0 Å². The quantitative estimate of drug-likeness (QED) is 0.710. The minimum atomic E-state index is 0.480. The van der Waals surface area contributed by atoms with Crippen LogP contribution in [0.2, 0.25) is 0 Å². The van der Waals surface area contributed by atoms with Crippen LogP contribution in [-0.2, 0) is 4.74 Å². The van der Waals surface area contributed by atoms with Crippen LogP contribution in [0, 0.1) is 5.92 Å². The topological polar surface area (TPSA) is 21.3 Å². The van der Waals surface area contributed by atoms with E-state index in [2.05, 4.69) is 26.1 Å². The third-order valence-corrected chi connectivity index (χ3v) is 2.95. The van der Waals surface area contributed by atoms with E-state index in [4.69, 9.17) is 4.74 Å². The van der Waals surface area contributed by atoms with Crippen LogP contribution in [0.25, 0.3) is 0 Å². The van der Waals surface area contributed by atoms with Crippen LogP contribution < -0.4 is 5.32 Å². The highest BCUT2D eigenvalue weighted by molar-refractivity contribution is 4.83. The molecule has 1 fully saturated rings. The van der Waals surface area contributed by atoms with Gasteiger partial charge in [0.2, 0.25) is 0 Å². The largest absolute Gasteiger partial charge is 0.377 e. The average Bonchev–Trinajstić information content (AvgIpc) is 2.53. The molecule has 0 aromatic carbocycles. The zero-order valence-corrected chi connectivity index (χ0v) is 9.88. The van der Waals surface area contributed by atoms with Crippen LogP contribution in [-0.4, -0.2) is 25.3 Å². The van der Waals surface area contributed by atoms with Gasteiger partial charge in [0, 0.05) is 12.6 Å². The first-order valence-corrected chi connectivity index (χ1v) is 6.09. The smallest absolute Gasteiger partial charge is 0.0728 e. The summed E-state index contributed by atoms with van der Waals surface area (Å²) in [6.45, 7) is 8.67. The van der Waals surface area contributed by atoms with Gasteiger partial charge in [0.25, 0.3) is 0 Å². The van der Waals surface area contributed by atoms with Gasteiger partial charge < -0.3 is 10.1 Å². The normalized spacial score (nSPS) is 27.4. The molecule has 1 aliphatic carbocycles. The second-order valence-corrected chi connectivity index (χ2v) is 4.69. The van der Waals surface area contributed by atoms with Gasteiger partial charge in [-0.15, -0.1) is 0 Å². The second kappa shape index (κ2) is 6.41. The van der Waals surface area contributed by atoms with E-state index in [9.17, 15) is 0 Å². The molecular formula is C12H25NO. The lowest BCUT2D eigenvalue weighted by molar-refractivity contribution is 0.0343. The molecule has 0 spiro atoms. The molecule has 1 aliphatic rings. The summed E-state index contributed by atoms with van der Waals surface area (Å²) in [5.74, 6) is 0.758. The molecule has 0 saturated heterocycles. The monoisotopic (exact) mass is 199 g/mol. The number of hydrogen-bond acceptors (Lipinski definition) is 2. The summed E-state index contributed by atoms with van der Waals surface area (Å²) in [6.07, 6.45) is 5.53. The van der Waals surface area contributed by atoms with Gasteiger partial charge in [0.15, 0.2) is 0 Å². The number of ether oxygens (including phenoxy) is 1. The summed E-state index contributed by atoms with van der Waals surface area (Å²) < 4.78 is 5.92. The lowest BCUT2D eigenvalue weighted by atomic mass is 10.1. The van der Waals surface area contributed by atoms with Gasteiger partial charge in [-0.2, -0.15) is 0 Å². The Morgan fingerprint density at radius 1 is 1.36 bits per heavy atom. The fraction of sp³-hybridized carbons (Fsp3) is 1.00. The molecule has 1 N–H and O–H groups in total. The van der Waals surface area contributed by atoms with Crippen LogP contribution in [0.15, 0.2) is 0 Å². The molecule has 14 heavy (non-hydrogen) atoms. The molecule has 1 saturated carbocycles. The lowest BCUT2D eigenvalue weighted by Gasteiger charge is -2.21. The Bertz CT molecular complexity index is 147. The fourth-order valence-corrected chi connectivity index (χ4v) is 2.08. The van der Waals surface area contributed by atoms with Crippen LogP contribution in [0.5, 0.6) is 0 Å². The molecule has 2 unspecified atom stereocenters. The molecule has 0 bridgehead atoms. The Hall–Kier alpha value is -0.0800. The van der Waals surface area contributed by atoms with Crippen molar-refractivity contribution in [3.05, 3.63) is 0 Å². The summed E-state index contributed by atoms with van der Waals surface area (Å²) in [4.78, 5) is 0. The van der Waals surface area contributed by atoms with Crippen molar-refractivity contribution >= 4 is 0 Å². The Morgan fingerprint density at radius 2 is 2.14 bits per heavy atom.